The number of hydrogen-bond acceptors (Lipinski definition) is 5. The van der Waals surface area contributed by atoms with Crippen molar-refractivity contribution < 1.29 is 19.1 Å². The van der Waals surface area contributed by atoms with Gasteiger partial charge in [0.25, 0.3) is 5.91 Å². The van der Waals surface area contributed by atoms with E-state index in [2.05, 4.69) is 15.6 Å². The normalized spacial score (nSPS) is 12.0. The highest BCUT2D eigenvalue weighted by Crippen LogP contribution is 2.10. The number of hydrogen-bond donors (Lipinski definition) is 2. The number of carbonyl (C=O) groups excluding carboxylic acids is 3. The second-order valence-corrected chi connectivity index (χ2v) is 5.69. The molecular formula is C16H20N4O4. The first-order valence-electron chi connectivity index (χ1n) is 7.55. The molecule has 2 aromatic heterocycles. The Kier molecular flexibility index (Phi) is 5.18. The summed E-state index contributed by atoms with van der Waals surface area (Å²) in [6, 6.07) is 4.72. The first-order valence-corrected chi connectivity index (χ1v) is 7.55. The maximum Gasteiger partial charge on any atom is 0.359 e. The molecule has 0 aromatic carbocycles. The molecule has 8 nitrogen and oxygen atoms in total. The van der Waals surface area contributed by atoms with Crippen molar-refractivity contribution in [2.75, 3.05) is 0 Å². The molecule has 0 aliphatic heterocycles. The van der Waals surface area contributed by atoms with Gasteiger partial charge in [0.2, 0.25) is 0 Å². The summed E-state index contributed by atoms with van der Waals surface area (Å²) in [7, 11) is 0. The van der Waals surface area contributed by atoms with Gasteiger partial charge in [0.15, 0.2) is 11.8 Å². The van der Waals surface area contributed by atoms with Crippen molar-refractivity contribution in [3.05, 3.63) is 35.8 Å². The molecule has 0 unspecified atom stereocenters. The van der Waals surface area contributed by atoms with E-state index in [-0.39, 0.29) is 11.7 Å². The van der Waals surface area contributed by atoms with Crippen LogP contribution in [0, 0.1) is 6.92 Å². The first kappa shape index (κ1) is 17.5. The van der Waals surface area contributed by atoms with Crippen LogP contribution >= 0.6 is 0 Å². The topological polar surface area (TPSA) is 102 Å². The van der Waals surface area contributed by atoms with Crippen molar-refractivity contribution in [2.24, 2.45) is 0 Å². The van der Waals surface area contributed by atoms with Gasteiger partial charge in [0.1, 0.15) is 5.65 Å². The van der Waals surface area contributed by atoms with Crippen LogP contribution in [0.3, 0.4) is 0 Å². The number of esters is 1. The summed E-state index contributed by atoms with van der Waals surface area (Å²) < 4.78 is 6.81. The van der Waals surface area contributed by atoms with Crippen LogP contribution in [0.4, 0.5) is 4.79 Å². The van der Waals surface area contributed by atoms with E-state index in [0.29, 0.717) is 5.65 Å². The number of aromatic nitrogens is 2. The minimum absolute atomic E-state index is 0.0931. The SMILES string of the molecule is Cc1cccc2nc(C(=O)O[C@H](C)C(=O)NC(=O)NC(C)C)cn12. The van der Waals surface area contributed by atoms with Gasteiger partial charge in [-0.3, -0.25) is 10.1 Å². The number of urea groups is 1. The molecular weight excluding hydrogens is 312 g/mol. The molecule has 0 bridgehead atoms. The number of carbonyl (C=O) groups is 3. The van der Waals surface area contributed by atoms with Gasteiger partial charge in [-0.15, -0.1) is 0 Å². The summed E-state index contributed by atoms with van der Waals surface area (Å²) in [6.45, 7) is 6.79. The highest BCUT2D eigenvalue weighted by Gasteiger charge is 2.22. The number of imide groups is 1. The van der Waals surface area contributed by atoms with Crippen LogP contribution in [0.25, 0.3) is 5.65 Å². The molecule has 0 fully saturated rings. The lowest BCUT2D eigenvalue weighted by molar-refractivity contribution is -0.127. The Hall–Kier alpha value is -2.90. The van der Waals surface area contributed by atoms with E-state index in [4.69, 9.17) is 4.74 Å². The highest BCUT2D eigenvalue weighted by molar-refractivity contribution is 5.98. The lowest BCUT2D eigenvalue weighted by Gasteiger charge is -2.13. The fourth-order valence-electron chi connectivity index (χ4n) is 2.03. The van der Waals surface area contributed by atoms with Crippen LogP contribution in [0.1, 0.15) is 37.0 Å². The van der Waals surface area contributed by atoms with Gasteiger partial charge in [-0.05, 0) is 39.8 Å². The minimum atomic E-state index is -1.12. The zero-order valence-electron chi connectivity index (χ0n) is 14.0. The Balaban J connectivity index is 2.01. The number of amides is 3. The van der Waals surface area contributed by atoms with Crippen molar-refractivity contribution in [1.82, 2.24) is 20.0 Å². The van der Waals surface area contributed by atoms with Crippen LogP contribution in [-0.4, -0.2) is 39.4 Å². The average Bonchev–Trinajstić information content (AvgIpc) is 2.91. The number of aryl methyl sites for hydroxylation is 1. The predicted octanol–water partition coefficient (Wildman–Crippen LogP) is 1.42. The number of fused-ring (bicyclic) bond motifs is 1. The Morgan fingerprint density at radius 1 is 1.21 bits per heavy atom. The summed E-state index contributed by atoms with van der Waals surface area (Å²) in [5.41, 5.74) is 1.61. The van der Waals surface area contributed by atoms with Gasteiger partial charge in [-0.25, -0.2) is 14.6 Å². The Morgan fingerprint density at radius 2 is 1.92 bits per heavy atom. The van der Waals surface area contributed by atoms with E-state index in [1.165, 1.54) is 6.92 Å². The molecule has 0 aliphatic rings. The van der Waals surface area contributed by atoms with E-state index in [1.54, 1.807) is 30.5 Å². The van der Waals surface area contributed by atoms with Crippen LogP contribution in [0.15, 0.2) is 24.4 Å². The van der Waals surface area contributed by atoms with Crippen LogP contribution < -0.4 is 10.6 Å². The van der Waals surface area contributed by atoms with Crippen LogP contribution in [0.2, 0.25) is 0 Å². The van der Waals surface area contributed by atoms with E-state index in [9.17, 15) is 14.4 Å². The molecule has 2 heterocycles. The number of pyridine rings is 1. The van der Waals surface area contributed by atoms with E-state index in [1.807, 2.05) is 19.1 Å². The van der Waals surface area contributed by atoms with Crippen molar-refractivity contribution in [1.29, 1.82) is 0 Å². The van der Waals surface area contributed by atoms with Gasteiger partial charge >= 0.3 is 12.0 Å². The van der Waals surface area contributed by atoms with E-state index >= 15 is 0 Å². The molecule has 0 aliphatic carbocycles. The molecule has 8 heteroatoms. The Morgan fingerprint density at radius 3 is 2.54 bits per heavy atom. The minimum Gasteiger partial charge on any atom is -0.448 e. The van der Waals surface area contributed by atoms with Gasteiger partial charge in [0, 0.05) is 17.9 Å². The Bertz CT molecular complexity index is 781. The maximum atomic E-state index is 12.1. The highest BCUT2D eigenvalue weighted by atomic mass is 16.5. The number of ether oxygens (including phenoxy) is 1. The molecule has 0 spiro atoms. The lowest BCUT2D eigenvalue weighted by Crippen LogP contribution is -2.46. The van der Waals surface area contributed by atoms with Gasteiger partial charge in [0.05, 0.1) is 0 Å². The fourth-order valence-corrected chi connectivity index (χ4v) is 2.03. The fraction of sp³-hybridized carbons (Fsp3) is 0.375. The third-order valence-electron chi connectivity index (χ3n) is 3.21. The quantitative estimate of drug-likeness (QED) is 0.825. The predicted molar refractivity (Wildman–Crippen MR) is 86.6 cm³/mol. The third-order valence-corrected chi connectivity index (χ3v) is 3.21. The lowest BCUT2D eigenvalue weighted by atomic mass is 10.3. The summed E-state index contributed by atoms with van der Waals surface area (Å²) >= 11 is 0. The number of nitrogens with one attached hydrogen (secondary N) is 2. The number of rotatable bonds is 4. The zero-order valence-corrected chi connectivity index (χ0v) is 14.0. The van der Waals surface area contributed by atoms with Crippen molar-refractivity contribution in [3.8, 4) is 0 Å². The summed E-state index contributed by atoms with van der Waals surface area (Å²) in [4.78, 5) is 39.6. The first-order chi connectivity index (χ1) is 11.3. The number of imidazole rings is 1. The van der Waals surface area contributed by atoms with Crippen molar-refractivity contribution in [2.45, 2.75) is 39.8 Å². The van der Waals surface area contributed by atoms with Crippen molar-refractivity contribution in [3.63, 3.8) is 0 Å². The molecule has 1 atom stereocenters. The standard InChI is InChI=1S/C16H20N4O4/c1-9(2)17-16(23)19-14(21)11(4)24-15(22)12-8-20-10(3)6-5-7-13(20)18-12/h5-9,11H,1-4H3,(H2,17,19,21,23)/t11-/m1/s1. The summed E-state index contributed by atoms with van der Waals surface area (Å²) in [6.07, 6.45) is 0.421. The monoisotopic (exact) mass is 332 g/mol. The Labute approximate surface area is 139 Å². The molecule has 3 amide bonds. The largest absolute Gasteiger partial charge is 0.448 e. The molecule has 0 radical (unpaired) electrons. The smallest absolute Gasteiger partial charge is 0.359 e. The van der Waals surface area contributed by atoms with Crippen LogP contribution in [0.5, 0.6) is 0 Å². The van der Waals surface area contributed by atoms with Crippen molar-refractivity contribution >= 4 is 23.6 Å². The van der Waals surface area contributed by atoms with Gasteiger partial charge < -0.3 is 14.5 Å². The van der Waals surface area contributed by atoms with Gasteiger partial charge in [-0.2, -0.15) is 0 Å². The molecule has 128 valence electrons. The molecule has 2 rings (SSSR count). The van der Waals surface area contributed by atoms with E-state index < -0.39 is 24.0 Å². The third kappa shape index (κ3) is 4.09. The molecule has 0 saturated carbocycles. The zero-order chi connectivity index (χ0) is 17.9. The van der Waals surface area contributed by atoms with Gasteiger partial charge in [-0.1, -0.05) is 6.07 Å². The number of nitrogens with zero attached hydrogens (tertiary/aromatic N) is 2. The summed E-state index contributed by atoms with van der Waals surface area (Å²) in [5.74, 6) is -1.44. The van der Waals surface area contributed by atoms with Crippen LogP contribution in [-0.2, 0) is 9.53 Å². The average molecular weight is 332 g/mol. The molecule has 2 N–H and O–H groups in total. The van der Waals surface area contributed by atoms with E-state index in [0.717, 1.165) is 5.69 Å². The summed E-state index contributed by atoms with van der Waals surface area (Å²) in [5, 5.41) is 4.62. The molecule has 0 saturated heterocycles. The second-order valence-electron chi connectivity index (χ2n) is 5.69. The molecule has 2 aromatic rings. The molecule has 24 heavy (non-hydrogen) atoms. The maximum absolute atomic E-state index is 12.1. The second kappa shape index (κ2) is 7.12.